The van der Waals surface area contributed by atoms with Gasteiger partial charge in [-0.2, -0.15) is 0 Å². The number of nitrogens with one attached hydrogen (secondary N) is 2. The first-order valence-electron chi connectivity index (χ1n) is 7.87. The van der Waals surface area contributed by atoms with Crippen molar-refractivity contribution in [1.29, 1.82) is 0 Å². The lowest BCUT2D eigenvalue weighted by Crippen LogP contribution is -2.32. The number of methoxy groups -OCH3 is 1. The highest BCUT2D eigenvalue weighted by Gasteiger charge is 2.17. The Balaban J connectivity index is 1.63. The molecule has 2 N–H and O–H groups in total. The van der Waals surface area contributed by atoms with Crippen LogP contribution in [0.15, 0.2) is 36.7 Å². The molecule has 7 heteroatoms. The Kier molecular flexibility index (Phi) is 5.22. The molecule has 0 bridgehead atoms. The van der Waals surface area contributed by atoms with Gasteiger partial charge in [-0.05, 0) is 25.0 Å². The summed E-state index contributed by atoms with van der Waals surface area (Å²) in [6, 6.07) is 9.08. The summed E-state index contributed by atoms with van der Waals surface area (Å²) in [6.45, 7) is 1.27. The van der Waals surface area contributed by atoms with Crippen LogP contribution in [0.25, 0.3) is 0 Å². The number of aromatic nitrogens is 2. The van der Waals surface area contributed by atoms with Crippen molar-refractivity contribution in [2.75, 3.05) is 25.6 Å². The number of ether oxygens (including phenoxy) is 2. The first kappa shape index (κ1) is 16.2. The highest BCUT2D eigenvalue weighted by molar-refractivity contribution is 5.93. The molecule has 2 aromatic rings. The first-order valence-corrected chi connectivity index (χ1v) is 7.87. The van der Waals surface area contributed by atoms with Crippen molar-refractivity contribution >= 4 is 17.4 Å². The van der Waals surface area contributed by atoms with E-state index < -0.39 is 0 Å². The van der Waals surface area contributed by atoms with Gasteiger partial charge >= 0.3 is 0 Å². The Morgan fingerprint density at radius 1 is 1.38 bits per heavy atom. The molecule has 0 radical (unpaired) electrons. The number of carbonyl (C=O) groups excluding carboxylic acids is 1. The van der Waals surface area contributed by atoms with E-state index in [4.69, 9.17) is 9.47 Å². The van der Waals surface area contributed by atoms with E-state index in [1.807, 2.05) is 24.3 Å². The van der Waals surface area contributed by atoms with Gasteiger partial charge in [0.15, 0.2) is 0 Å². The Morgan fingerprint density at radius 3 is 3.08 bits per heavy atom. The van der Waals surface area contributed by atoms with E-state index in [1.165, 1.54) is 6.33 Å². The minimum atomic E-state index is -0.235. The third-order valence-corrected chi connectivity index (χ3v) is 3.76. The fourth-order valence-corrected chi connectivity index (χ4v) is 2.50. The van der Waals surface area contributed by atoms with Crippen LogP contribution in [0.3, 0.4) is 0 Å². The lowest BCUT2D eigenvalue weighted by atomic mass is 10.2. The number of carbonyl (C=O) groups is 1. The van der Waals surface area contributed by atoms with Gasteiger partial charge in [0.05, 0.1) is 13.2 Å². The van der Waals surface area contributed by atoms with E-state index in [0.717, 1.165) is 30.9 Å². The number of benzene rings is 1. The molecule has 1 aliphatic rings. The summed E-state index contributed by atoms with van der Waals surface area (Å²) in [7, 11) is 1.61. The lowest BCUT2D eigenvalue weighted by molar-refractivity contribution is 0.0853. The zero-order valence-corrected chi connectivity index (χ0v) is 13.5. The van der Waals surface area contributed by atoms with Crippen LogP contribution >= 0.6 is 0 Å². The fourth-order valence-electron chi connectivity index (χ4n) is 2.50. The van der Waals surface area contributed by atoms with Crippen molar-refractivity contribution in [1.82, 2.24) is 15.3 Å². The van der Waals surface area contributed by atoms with Crippen molar-refractivity contribution in [3.8, 4) is 5.75 Å². The maximum atomic E-state index is 12.2. The normalized spacial score (nSPS) is 16.6. The van der Waals surface area contributed by atoms with Crippen molar-refractivity contribution in [3.63, 3.8) is 0 Å². The summed E-state index contributed by atoms with van der Waals surface area (Å²) in [5.41, 5.74) is 1.13. The predicted octanol–water partition coefficient (Wildman–Crippen LogP) is 2.14. The molecule has 1 aromatic carbocycles. The van der Waals surface area contributed by atoms with Crippen LogP contribution in [0.1, 0.15) is 23.3 Å². The van der Waals surface area contributed by atoms with Crippen LogP contribution < -0.4 is 15.4 Å². The van der Waals surface area contributed by atoms with Gasteiger partial charge in [0.1, 0.15) is 23.6 Å². The van der Waals surface area contributed by atoms with Crippen LogP contribution in [-0.2, 0) is 4.74 Å². The molecular weight excluding hydrogens is 308 g/mol. The Bertz CT molecular complexity index is 702. The third-order valence-electron chi connectivity index (χ3n) is 3.76. The highest BCUT2D eigenvalue weighted by atomic mass is 16.5. The summed E-state index contributed by atoms with van der Waals surface area (Å²) in [5.74, 6) is 1.05. The first-order chi connectivity index (χ1) is 11.7. The van der Waals surface area contributed by atoms with Crippen molar-refractivity contribution in [2.24, 2.45) is 0 Å². The molecule has 126 valence electrons. The van der Waals surface area contributed by atoms with Crippen molar-refractivity contribution in [2.45, 2.75) is 18.9 Å². The fraction of sp³-hybridized carbons (Fsp3) is 0.353. The second-order valence-electron chi connectivity index (χ2n) is 5.49. The quantitative estimate of drug-likeness (QED) is 0.845. The molecule has 1 atom stereocenters. The summed E-state index contributed by atoms with van der Waals surface area (Å²) in [6.07, 6.45) is 3.49. The molecule has 1 saturated heterocycles. The smallest absolute Gasteiger partial charge is 0.270 e. The topological polar surface area (TPSA) is 85.4 Å². The molecule has 24 heavy (non-hydrogen) atoms. The highest BCUT2D eigenvalue weighted by Crippen LogP contribution is 2.20. The molecule has 7 nitrogen and oxygen atoms in total. The van der Waals surface area contributed by atoms with Gasteiger partial charge in [-0.15, -0.1) is 0 Å². The van der Waals surface area contributed by atoms with Gasteiger partial charge in [-0.25, -0.2) is 9.97 Å². The molecule has 3 rings (SSSR count). The number of rotatable bonds is 6. The summed E-state index contributed by atoms with van der Waals surface area (Å²) < 4.78 is 10.7. The van der Waals surface area contributed by atoms with E-state index in [9.17, 15) is 4.79 Å². The third kappa shape index (κ3) is 4.20. The van der Waals surface area contributed by atoms with E-state index in [2.05, 4.69) is 20.6 Å². The van der Waals surface area contributed by atoms with Crippen LogP contribution in [0.4, 0.5) is 11.5 Å². The molecule has 2 heterocycles. The Hall–Kier alpha value is -2.67. The molecule has 1 aliphatic heterocycles. The number of amides is 1. The van der Waals surface area contributed by atoms with Crippen molar-refractivity contribution in [3.05, 3.63) is 42.4 Å². The van der Waals surface area contributed by atoms with E-state index >= 15 is 0 Å². The van der Waals surface area contributed by atoms with Gasteiger partial charge in [0.25, 0.3) is 5.91 Å². The second-order valence-corrected chi connectivity index (χ2v) is 5.49. The minimum Gasteiger partial charge on any atom is -0.497 e. The summed E-state index contributed by atoms with van der Waals surface area (Å²) >= 11 is 0. The molecule has 0 aliphatic carbocycles. The molecule has 0 saturated carbocycles. The minimum absolute atomic E-state index is 0.102. The molecule has 1 unspecified atom stereocenters. The summed E-state index contributed by atoms with van der Waals surface area (Å²) in [4.78, 5) is 20.4. The number of hydrogen-bond acceptors (Lipinski definition) is 6. The van der Waals surface area contributed by atoms with E-state index in [0.29, 0.717) is 18.1 Å². The lowest BCUT2D eigenvalue weighted by Gasteiger charge is -2.11. The van der Waals surface area contributed by atoms with Gasteiger partial charge in [0.2, 0.25) is 0 Å². The standard InChI is InChI=1S/C17H20N4O3/c1-23-13-5-2-4-12(8-13)21-16-9-15(19-11-20-16)17(22)18-10-14-6-3-7-24-14/h2,4-5,8-9,11,14H,3,6-7,10H2,1H3,(H,18,22)(H,19,20,21). The molecule has 1 amide bonds. The van der Waals surface area contributed by atoms with Crippen LogP contribution in [0, 0.1) is 0 Å². The summed E-state index contributed by atoms with van der Waals surface area (Å²) in [5, 5.41) is 5.98. The maximum absolute atomic E-state index is 12.2. The maximum Gasteiger partial charge on any atom is 0.270 e. The van der Waals surface area contributed by atoms with Gasteiger partial charge in [0, 0.05) is 31.0 Å². The van der Waals surface area contributed by atoms with E-state index in [1.54, 1.807) is 13.2 Å². The number of hydrogen-bond donors (Lipinski definition) is 2. The van der Waals surface area contributed by atoms with E-state index in [-0.39, 0.29) is 12.0 Å². The molecule has 1 aromatic heterocycles. The average molecular weight is 328 g/mol. The predicted molar refractivity (Wildman–Crippen MR) is 89.6 cm³/mol. The Morgan fingerprint density at radius 2 is 2.29 bits per heavy atom. The largest absolute Gasteiger partial charge is 0.497 e. The van der Waals surface area contributed by atoms with Crippen LogP contribution in [0.2, 0.25) is 0 Å². The molecule has 0 spiro atoms. The second kappa shape index (κ2) is 7.74. The average Bonchev–Trinajstić information content (AvgIpc) is 3.13. The SMILES string of the molecule is COc1cccc(Nc2cc(C(=O)NCC3CCCO3)ncn2)c1. The zero-order chi connectivity index (χ0) is 16.8. The zero-order valence-electron chi connectivity index (χ0n) is 13.5. The van der Waals surface area contributed by atoms with Gasteiger partial charge in [-0.1, -0.05) is 6.07 Å². The number of anilines is 2. The molecular formula is C17H20N4O3. The van der Waals surface area contributed by atoms with Gasteiger partial charge < -0.3 is 20.1 Å². The molecule has 1 fully saturated rings. The number of nitrogens with zero attached hydrogens (tertiary/aromatic N) is 2. The van der Waals surface area contributed by atoms with Gasteiger partial charge in [-0.3, -0.25) is 4.79 Å². The van der Waals surface area contributed by atoms with Crippen LogP contribution in [-0.4, -0.2) is 42.2 Å². The van der Waals surface area contributed by atoms with Crippen LogP contribution in [0.5, 0.6) is 5.75 Å². The monoisotopic (exact) mass is 328 g/mol. The Labute approximate surface area is 140 Å². The van der Waals surface area contributed by atoms with Crippen molar-refractivity contribution < 1.29 is 14.3 Å².